The molecule has 3 aromatic carbocycles. The Hall–Kier alpha value is -4.46. The van der Waals surface area contributed by atoms with E-state index in [0.717, 1.165) is 28.4 Å². The molecule has 0 radical (unpaired) electrons. The maximum atomic E-state index is 12.4. The summed E-state index contributed by atoms with van der Waals surface area (Å²) in [5.74, 6) is -2.33. The SMILES string of the molecule is CCn1c2ccccc2c2cc(NC(=O)COC(=O)c3ccc4c(c3)C(=O)NC4=O)ccc21. The average Bonchev–Trinajstić information content (AvgIpc) is 3.30. The standard InChI is InChI=1S/C25H19N3O5/c1-2-28-20-6-4-3-5-16(20)18-12-15(8-10-21(18)28)26-22(29)13-33-25(32)14-7-9-17-19(11-14)24(31)27-23(17)30/h3-12H,2,13H2,1H3,(H,26,29)(H,27,30,31). The molecule has 0 spiro atoms. The van der Waals surface area contributed by atoms with Crippen LogP contribution in [0.5, 0.6) is 0 Å². The lowest BCUT2D eigenvalue weighted by atomic mass is 10.1. The van der Waals surface area contributed by atoms with Gasteiger partial charge in [-0.25, -0.2) is 4.79 Å². The summed E-state index contributed by atoms with van der Waals surface area (Å²) in [6.45, 7) is 2.42. The fourth-order valence-electron chi connectivity index (χ4n) is 4.18. The first kappa shape index (κ1) is 20.4. The van der Waals surface area contributed by atoms with Gasteiger partial charge in [-0.3, -0.25) is 19.7 Å². The van der Waals surface area contributed by atoms with Crippen molar-refractivity contribution in [3.05, 3.63) is 77.4 Å². The third-order valence-corrected chi connectivity index (χ3v) is 5.68. The summed E-state index contributed by atoms with van der Waals surface area (Å²) < 4.78 is 7.30. The van der Waals surface area contributed by atoms with Crippen LogP contribution in [0.2, 0.25) is 0 Å². The summed E-state index contributed by atoms with van der Waals surface area (Å²) in [5.41, 5.74) is 3.18. The minimum atomic E-state index is -0.762. The van der Waals surface area contributed by atoms with E-state index in [0.29, 0.717) is 5.69 Å². The zero-order valence-corrected chi connectivity index (χ0v) is 17.7. The van der Waals surface area contributed by atoms with Gasteiger partial charge in [0.25, 0.3) is 17.7 Å². The molecule has 2 heterocycles. The summed E-state index contributed by atoms with van der Waals surface area (Å²) in [7, 11) is 0. The Bertz CT molecular complexity index is 1480. The van der Waals surface area contributed by atoms with Crippen LogP contribution in [0.3, 0.4) is 0 Å². The van der Waals surface area contributed by atoms with Crippen molar-refractivity contribution in [1.29, 1.82) is 0 Å². The molecule has 0 aliphatic carbocycles. The lowest BCUT2D eigenvalue weighted by molar-refractivity contribution is -0.119. The fraction of sp³-hybridized carbons (Fsp3) is 0.120. The summed E-state index contributed by atoms with van der Waals surface area (Å²) in [4.78, 5) is 48.1. The molecule has 8 nitrogen and oxygen atoms in total. The summed E-state index contributed by atoms with van der Waals surface area (Å²) in [6, 6.07) is 17.8. The maximum Gasteiger partial charge on any atom is 0.338 e. The lowest BCUT2D eigenvalue weighted by Gasteiger charge is -2.08. The Kier molecular flexibility index (Phi) is 4.90. The number of benzene rings is 3. The highest BCUT2D eigenvalue weighted by atomic mass is 16.5. The lowest BCUT2D eigenvalue weighted by Crippen LogP contribution is -2.21. The van der Waals surface area contributed by atoms with Crippen molar-refractivity contribution in [2.45, 2.75) is 13.5 Å². The second-order valence-corrected chi connectivity index (χ2v) is 7.66. The molecule has 0 fully saturated rings. The van der Waals surface area contributed by atoms with Gasteiger partial charge in [0.15, 0.2) is 6.61 Å². The van der Waals surface area contributed by atoms with Gasteiger partial charge in [0.05, 0.1) is 16.7 Å². The molecule has 33 heavy (non-hydrogen) atoms. The quantitative estimate of drug-likeness (QED) is 0.364. The molecule has 0 atom stereocenters. The first-order valence-electron chi connectivity index (χ1n) is 10.4. The predicted octanol–water partition coefficient (Wildman–Crippen LogP) is 3.49. The fourth-order valence-corrected chi connectivity index (χ4v) is 4.18. The first-order chi connectivity index (χ1) is 16.0. The van der Waals surface area contributed by atoms with Gasteiger partial charge < -0.3 is 14.6 Å². The van der Waals surface area contributed by atoms with Gasteiger partial charge in [-0.2, -0.15) is 0 Å². The number of amides is 3. The van der Waals surface area contributed by atoms with Crippen LogP contribution in [0.15, 0.2) is 60.7 Å². The number of aryl methyl sites for hydroxylation is 1. The summed E-state index contributed by atoms with van der Waals surface area (Å²) >= 11 is 0. The number of anilines is 1. The van der Waals surface area contributed by atoms with Crippen molar-refractivity contribution in [2.24, 2.45) is 0 Å². The highest BCUT2D eigenvalue weighted by molar-refractivity contribution is 6.22. The number of aromatic nitrogens is 1. The number of esters is 1. The van der Waals surface area contributed by atoms with E-state index in [4.69, 9.17) is 4.74 Å². The molecule has 0 unspecified atom stereocenters. The highest BCUT2D eigenvalue weighted by Crippen LogP contribution is 2.31. The van der Waals surface area contributed by atoms with Crippen LogP contribution >= 0.6 is 0 Å². The third kappa shape index (κ3) is 3.51. The number of hydrogen-bond acceptors (Lipinski definition) is 5. The van der Waals surface area contributed by atoms with Gasteiger partial charge in [0, 0.05) is 34.0 Å². The normalized spacial score (nSPS) is 12.6. The second kappa shape index (κ2) is 7.90. The largest absolute Gasteiger partial charge is 0.452 e. The number of ether oxygens (including phenoxy) is 1. The highest BCUT2D eigenvalue weighted by Gasteiger charge is 2.27. The smallest absolute Gasteiger partial charge is 0.338 e. The number of fused-ring (bicyclic) bond motifs is 4. The number of carbonyl (C=O) groups excluding carboxylic acids is 4. The number of nitrogens with zero attached hydrogens (tertiary/aromatic N) is 1. The minimum absolute atomic E-state index is 0.0835. The van der Waals surface area contributed by atoms with Crippen molar-refractivity contribution < 1.29 is 23.9 Å². The molecule has 0 saturated heterocycles. The van der Waals surface area contributed by atoms with Crippen LogP contribution in [0.4, 0.5) is 5.69 Å². The van der Waals surface area contributed by atoms with Crippen molar-refractivity contribution >= 4 is 51.2 Å². The number of imide groups is 1. The molecular weight excluding hydrogens is 422 g/mol. The molecule has 4 aromatic rings. The first-order valence-corrected chi connectivity index (χ1v) is 10.4. The van der Waals surface area contributed by atoms with E-state index in [9.17, 15) is 19.2 Å². The van der Waals surface area contributed by atoms with Crippen molar-refractivity contribution in [2.75, 3.05) is 11.9 Å². The Morgan fingerprint density at radius 3 is 2.48 bits per heavy atom. The molecule has 3 amide bonds. The minimum Gasteiger partial charge on any atom is -0.452 e. The Morgan fingerprint density at radius 1 is 0.909 bits per heavy atom. The van der Waals surface area contributed by atoms with Crippen LogP contribution < -0.4 is 10.6 Å². The maximum absolute atomic E-state index is 12.4. The van der Waals surface area contributed by atoms with Gasteiger partial charge in [-0.05, 0) is 49.4 Å². The van der Waals surface area contributed by atoms with Gasteiger partial charge in [-0.1, -0.05) is 18.2 Å². The van der Waals surface area contributed by atoms with E-state index in [2.05, 4.69) is 28.2 Å². The monoisotopic (exact) mass is 441 g/mol. The number of nitrogens with one attached hydrogen (secondary N) is 2. The van der Waals surface area contributed by atoms with E-state index < -0.39 is 30.3 Å². The average molecular weight is 441 g/mol. The number of para-hydroxylation sites is 1. The van der Waals surface area contributed by atoms with E-state index in [-0.39, 0.29) is 16.7 Å². The molecule has 1 aliphatic heterocycles. The zero-order valence-electron chi connectivity index (χ0n) is 17.7. The van der Waals surface area contributed by atoms with Gasteiger partial charge in [0.1, 0.15) is 0 Å². The summed E-state index contributed by atoms with van der Waals surface area (Å²) in [5, 5.41) is 7.03. The summed E-state index contributed by atoms with van der Waals surface area (Å²) in [6.07, 6.45) is 0. The molecule has 0 saturated carbocycles. The van der Waals surface area contributed by atoms with Crippen LogP contribution in [-0.4, -0.2) is 34.9 Å². The Balaban J connectivity index is 1.29. The predicted molar refractivity (Wildman–Crippen MR) is 122 cm³/mol. The van der Waals surface area contributed by atoms with Gasteiger partial charge in [-0.15, -0.1) is 0 Å². The molecular formula is C25H19N3O5. The molecule has 2 N–H and O–H groups in total. The molecule has 164 valence electrons. The Labute approximate surface area is 188 Å². The van der Waals surface area contributed by atoms with E-state index in [1.807, 2.05) is 36.4 Å². The number of rotatable bonds is 5. The number of hydrogen-bond donors (Lipinski definition) is 2. The molecule has 1 aromatic heterocycles. The number of carbonyl (C=O) groups is 4. The van der Waals surface area contributed by atoms with Crippen molar-refractivity contribution in [3.8, 4) is 0 Å². The molecule has 8 heteroatoms. The topological polar surface area (TPSA) is 106 Å². The van der Waals surface area contributed by atoms with E-state index in [1.165, 1.54) is 18.2 Å². The van der Waals surface area contributed by atoms with Crippen LogP contribution in [-0.2, 0) is 16.1 Å². The zero-order chi connectivity index (χ0) is 23.1. The van der Waals surface area contributed by atoms with E-state index in [1.54, 1.807) is 0 Å². The van der Waals surface area contributed by atoms with Crippen LogP contribution in [0.1, 0.15) is 38.0 Å². The molecule has 1 aliphatic rings. The van der Waals surface area contributed by atoms with Gasteiger partial charge in [0.2, 0.25) is 0 Å². The van der Waals surface area contributed by atoms with Crippen molar-refractivity contribution in [1.82, 2.24) is 9.88 Å². The Morgan fingerprint density at radius 2 is 1.67 bits per heavy atom. The molecule has 5 rings (SSSR count). The third-order valence-electron chi connectivity index (χ3n) is 5.68. The second-order valence-electron chi connectivity index (χ2n) is 7.66. The van der Waals surface area contributed by atoms with E-state index >= 15 is 0 Å². The van der Waals surface area contributed by atoms with Crippen LogP contribution in [0.25, 0.3) is 21.8 Å². The molecule has 0 bridgehead atoms. The van der Waals surface area contributed by atoms with Gasteiger partial charge >= 0.3 is 5.97 Å². The van der Waals surface area contributed by atoms with Crippen LogP contribution in [0, 0.1) is 0 Å². The van der Waals surface area contributed by atoms with Crippen molar-refractivity contribution in [3.63, 3.8) is 0 Å².